The maximum absolute atomic E-state index is 11.0. The van der Waals surface area contributed by atoms with Gasteiger partial charge in [0.2, 0.25) is 0 Å². The van der Waals surface area contributed by atoms with Crippen molar-refractivity contribution in [2.45, 2.75) is 26.8 Å². The van der Waals surface area contributed by atoms with Crippen molar-refractivity contribution in [2.24, 2.45) is 0 Å². The minimum absolute atomic E-state index is 0.0263. The molecule has 0 spiro atoms. The van der Waals surface area contributed by atoms with E-state index in [1.807, 2.05) is 38.1 Å². The molecule has 0 aliphatic carbocycles. The van der Waals surface area contributed by atoms with Crippen LogP contribution in [0.5, 0.6) is 5.75 Å². The summed E-state index contributed by atoms with van der Waals surface area (Å²) in [6.45, 7) is 4.95. The van der Waals surface area contributed by atoms with Crippen LogP contribution in [0.15, 0.2) is 24.3 Å². The Bertz CT molecular complexity index is 590. The van der Waals surface area contributed by atoms with Gasteiger partial charge in [-0.25, -0.2) is 9.48 Å². The number of aromatic carboxylic acids is 1. The van der Waals surface area contributed by atoms with Crippen LogP contribution in [-0.4, -0.2) is 32.7 Å². The highest BCUT2D eigenvalue weighted by Crippen LogP contribution is 2.14. The summed E-state index contributed by atoms with van der Waals surface area (Å²) in [5.74, 6) is -0.225. The average Bonchev–Trinajstić information content (AvgIpc) is 2.84. The summed E-state index contributed by atoms with van der Waals surface area (Å²) in [5, 5.41) is 16.7. The van der Waals surface area contributed by atoms with Gasteiger partial charge in [0.1, 0.15) is 5.75 Å². The van der Waals surface area contributed by atoms with Gasteiger partial charge in [0.05, 0.1) is 18.8 Å². The van der Waals surface area contributed by atoms with Crippen LogP contribution in [0.25, 0.3) is 0 Å². The highest BCUT2D eigenvalue weighted by atomic mass is 16.5. The summed E-state index contributed by atoms with van der Waals surface area (Å²) in [4.78, 5) is 11.0. The summed E-state index contributed by atoms with van der Waals surface area (Å²) >= 11 is 0. The third kappa shape index (κ3) is 2.96. The highest BCUT2D eigenvalue weighted by molar-refractivity contribution is 5.86. The number of ether oxygens (including phenoxy) is 1. The van der Waals surface area contributed by atoms with E-state index in [0.717, 1.165) is 11.3 Å². The van der Waals surface area contributed by atoms with Crippen LogP contribution >= 0.6 is 0 Å². The largest absolute Gasteiger partial charge is 0.494 e. The first kappa shape index (κ1) is 14.0. The van der Waals surface area contributed by atoms with Crippen molar-refractivity contribution in [1.29, 1.82) is 0 Å². The van der Waals surface area contributed by atoms with Crippen molar-refractivity contribution in [3.05, 3.63) is 41.2 Å². The number of rotatable bonds is 6. The summed E-state index contributed by atoms with van der Waals surface area (Å²) in [6, 6.07) is 7.65. The Balaban J connectivity index is 2.19. The molecule has 0 saturated heterocycles. The Hall–Kier alpha value is -2.37. The molecular formula is C14H17N3O3. The van der Waals surface area contributed by atoms with Gasteiger partial charge in [-0.15, -0.1) is 5.10 Å². The number of carboxylic acids is 1. The van der Waals surface area contributed by atoms with Crippen molar-refractivity contribution in [3.63, 3.8) is 0 Å². The van der Waals surface area contributed by atoms with Crippen molar-refractivity contribution in [3.8, 4) is 5.75 Å². The Morgan fingerprint density at radius 2 is 2.00 bits per heavy atom. The summed E-state index contributed by atoms with van der Waals surface area (Å²) in [7, 11) is 0. The quantitative estimate of drug-likeness (QED) is 0.872. The van der Waals surface area contributed by atoms with Crippen molar-refractivity contribution < 1.29 is 14.6 Å². The van der Waals surface area contributed by atoms with E-state index in [9.17, 15) is 4.79 Å². The van der Waals surface area contributed by atoms with Gasteiger partial charge in [-0.3, -0.25) is 0 Å². The first-order chi connectivity index (χ1) is 9.65. The fourth-order valence-corrected chi connectivity index (χ4v) is 2.01. The van der Waals surface area contributed by atoms with Crippen LogP contribution in [0, 0.1) is 0 Å². The van der Waals surface area contributed by atoms with Gasteiger partial charge in [0.15, 0.2) is 5.69 Å². The van der Waals surface area contributed by atoms with Crippen molar-refractivity contribution in [2.75, 3.05) is 6.61 Å². The van der Waals surface area contributed by atoms with Gasteiger partial charge in [0.25, 0.3) is 0 Å². The lowest BCUT2D eigenvalue weighted by Crippen LogP contribution is -2.08. The number of nitrogens with zero attached hydrogens (tertiary/aromatic N) is 3. The molecule has 1 aromatic carbocycles. The van der Waals surface area contributed by atoms with Gasteiger partial charge < -0.3 is 9.84 Å². The minimum Gasteiger partial charge on any atom is -0.494 e. The SMILES string of the molecule is CCOc1ccc(Cn2nnc(C(=O)O)c2CC)cc1. The number of carbonyl (C=O) groups is 1. The molecule has 0 saturated carbocycles. The normalized spacial score (nSPS) is 10.5. The van der Waals surface area contributed by atoms with Gasteiger partial charge in [-0.2, -0.15) is 0 Å². The minimum atomic E-state index is -1.04. The number of hydrogen-bond acceptors (Lipinski definition) is 4. The summed E-state index contributed by atoms with van der Waals surface area (Å²) < 4.78 is 7.00. The lowest BCUT2D eigenvalue weighted by atomic mass is 10.2. The topological polar surface area (TPSA) is 77.2 Å². The van der Waals surface area contributed by atoms with Gasteiger partial charge in [-0.1, -0.05) is 24.3 Å². The van der Waals surface area contributed by atoms with Gasteiger partial charge >= 0.3 is 5.97 Å². The van der Waals surface area contributed by atoms with Gasteiger partial charge in [0, 0.05) is 0 Å². The smallest absolute Gasteiger partial charge is 0.358 e. The molecule has 0 fully saturated rings. The number of carboxylic acid groups (broad SMARTS) is 1. The first-order valence-corrected chi connectivity index (χ1v) is 6.53. The molecule has 0 amide bonds. The van der Waals surface area contributed by atoms with Crippen LogP contribution in [-0.2, 0) is 13.0 Å². The summed E-state index contributed by atoms with van der Waals surface area (Å²) in [6.07, 6.45) is 0.575. The Labute approximate surface area is 117 Å². The monoisotopic (exact) mass is 275 g/mol. The lowest BCUT2D eigenvalue weighted by Gasteiger charge is -2.07. The lowest BCUT2D eigenvalue weighted by molar-refractivity contribution is 0.0689. The van der Waals surface area contributed by atoms with E-state index in [0.29, 0.717) is 25.3 Å². The van der Waals surface area contributed by atoms with Crippen LogP contribution in [0.2, 0.25) is 0 Å². The second-order valence-corrected chi connectivity index (χ2v) is 4.28. The molecule has 20 heavy (non-hydrogen) atoms. The molecule has 6 nitrogen and oxygen atoms in total. The second kappa shape index (κ2) is 6.18. The standard InChI is InChI=1S/C14H17N3O3/c1-3-12-13(14(18)19)15-16-17(12)9-10-5-7-11(8-6-10)20-4-2/h5-8H,3-4,9H2,1-2H3,(H,18,19). The molecule has 0 aliphatic rings. The molecule has 6 heteroatoms. The molecular weight excluding hydrogens is 258 g/mol. The molecule has 2 aromatic rings. The third-order valence-electron chi connectivity index (χ3n) is 2.94. The molecule has 0 unspecified atom stereocenters. The molecule has 2 rings (SSSR count). The number of aromatic nitrogens is 3. The molecule has 1 aromatic heterocycles. The van der Waals surface area contributed by atoms with Crippen LogP contribution in [0.4, 0.5) is 0 Å². The fraction of sp³-hybridized carbons (Fsp3) is 0.357. The van der Waals surface area contributed by atoms with Gasteiger partial charge in [-0.05, 0) is 31.0 Å². The maximum Gasteiger partial charge on any atom is 0.358 e. The maximum atomic E-state index is 11.0. The zero-order chi connectivity index (χ0) is 14.5. The second-order valence-electron chi connectivity index (χ2n) is 4.28. The van der Waals surface area contributed by atoms with E-state index in [-0.39, 0.29) is 5.69 Å². The van der Waals surface area contributed by atoms with E-state index in [1.54, 1.807) is 4.68 Å². The van der Waals surface area contributed by atoms with Crippen molar-refractivity contribution >= 4 is 5.97 Å². The fourth-order valence-electron chi connectivity index (χ4n) is 2.01. The number of benzene rings is 1. The highest BCUT2D eigenvalue weighted by Gasteiger charge is 2.17. The zero-order valence-electron chi connectivity index (χ0n) is 11.5. The van der Waals surface area contributed by atoms with Crippen LogP contribution in [0.3, 0.4) is 0 Å². The van der Waals surface area contributed by atoms with E-state index < -0.39 is 5.97 Å². The van der Waals surface area contributed by atoms with E-state index >= 15 is 0 Å². The van der Waals surface area contributed by atoms with Crippen LogP contribution in [0.1, 0.15) is 35.6 Å². The Morgan fingerprint density at radius 3 is 2.55 bits per heavy atom. The Morgan fingerprint density at radius 1 is 1.30 bits per heavy atom. The molecule has 0 atom stereocenters. The predicted octanol–water partition coefficient (Wildman–Crippen LogP) is 1.99. The van der Waals surface area contributed by atoms with E-state index in [1.165, 1.54) is 0 Å². The average molecular weight is 275 g/mol. The third-order valence-corrected chi connectivity index (χ3v) is 2.94. The predicted molar refractivity (Wildman–Crippen MR) is 73.1 cm³/mol. The van der Waals surface area contributed by atoms with Crippen molar-refractivity contribution in [1.82, 2.24) is 15.0 Å². The van der Waals surface area contributed by atoms with E-state index in [4.69, 9.17) is 9.84 Å². The van der Waals surface area contributed by atoms with E-state index in [2.05, 4.69) is 10.3 Å². The molecule has 0 bridgehead atoms. The molecule has 0 radical (unpaired) electrons. The molecule has 1 N–H and O–H groups in total. The molecule has 0 aliphatic heterocycles. The van der Waals surface area contributed by atoms with Crippen LogP contribution < -0.4 is 4.74 Å². The number of hydrogen-bond donors (Lipinski definition) is 1. The zero-order valence-corrected chi connectivity index (χ0v) is 11.5. The molecule has 106 valence electrons. The summed E-state index contributed by atoms with van der Waals surface area (Å²) in [5.41, 5.74) is 1.68. The Kier molecular flexibility index (Phi) is 4.34. The first-order valence-electron chi connectivity index (χ1n) is 6.53. The molecule has 1 heterocycles.